The number of carbonyl (C=O) groups excluding carboxylic acids is 1. The highest BCUT2D eigenvalue weighted by Crippen LogP contribution is 2.23. The van der Waals surface area contributed by atoms with E-state index in [0.29, 0.717) is 11.5 Å². The van der Waals surface area contributed by atoms with E-state index in [1.165, 1.54) is 0 Å². The quantitative estimate of drug-likeness (QED) is 0.801. The number of benzene rings is 2. The molecule has 3 rings (SSSR count). The minimum Gasteiger partial charge on any atom is -0.455 e. The molecule has 106 valence electrons. The van der Waals surface area contributed by atoms with Gasteiger partial charge in [0.05, 0.1) is 6.54 Å². The number of carbonyl (C=O) groups is 1. The van der Waals surface area contributed by atoms with Crippen molar-refractivity contribution < 1.29 is 9.21 Å². The molecule has 2 aromatic carbocycles. The van der Waals surface area contributed by atoms with Crippen molar-refractivity contribution >= 4 is 22.4 Å². The van der Waals surface area contributed by atoms with Crippen LogP contribution in [0.2, 0.25) is 0 Å². The van der Waals surface area contributed by atoms with Gasteiger partial charge in [0, 0.05) is 12.7 Å². The Balaban J connectivity index is 1.91. The van der Waals surface area contributed by atoms with Crippen molar-refractivity contribution in [3.05, 3.63) is 66.1 Å². The monoisotopic (exact) mass is 280 g/mol. The lowest BCUT2D eigenvalue weighted by Gasteiger charge is -2.16. The van der Waals surface area contributed by atoms with Crippen LogP contribution < -0.4 is 10.6 Å². The van der Waals surface area contributed by atoms with Crippen molar-refractivity contribution in [1.82, 2.24) is 0 Å². The third-order valence-electron chi connectivity index (χ3n) is 3.50. The molecule has 4 heteroatoms. The molecule has 0 bridgehead atoms. The van der Waals surface area contributed by atoms with E-state index in [4.69, 9.17) is 10.2 Å². The van der Waals surface area contributed by atoms with Gasteiger partial charge < -0.3 is 15.1 Å². The van der Waals surface area contributed by atoms with Crippen molar-refractivity contribution in [2.24, 2.45) is 5.73 Å². The first kappa shape index (κ1) is 13.4. The molecule has 0 aliphatic rings. The van der Waals surface area contributed by atoms with Crippen LogP contribution in [0.4, 0.5) is 5.69 Å². The Kier molecular flexibility index (Phi) is 3.46. The number of hydrogen-bond donors (Lipinski definition) is 1. The van der Waals surface area contributed by atoms with Crippen LogP contribution in [-0.2, 0) is 6.54 Å². The van der Waals surface area contributed by atoms with E-state index in [2.05, 4.69) is 0 Å². The Morgan fingerprint density at radius 3 is 2.57 bits per heavy atom. The zero-order valence-corrected chi connectivity index (χ0v) is 11.7. The van der Waals surface area contributed by atoms with E-state index in [-0.39, 0.29) is 12.5 Å². The van der Waals surface area contributed by atoms with Crippen LogP contribution in [-0.4, -0.2) is 13.0 Å². The number of fused-ring (bicyclic) bond motifs is 1. The largest absolute Gasteiger partial charge is 0.455 e. The van der Waals surface area contributed by atoms with E-state index in [0.717, 1.165) is 16.5 Å². The Morgan fingerprint density at radius 2 is 1.86 bits per heavy atom. The van der Waals surface area contributed by atoms with E-state index >= 15 is 0 Å². The van der Waals surface area contributed by atoms with Gasteiger partial charge >= 0.3 is 0 Å². The first-order chi connectivity index (χ1) is 10.2. The highest BCUT2D eigenvalue weighted by molar-refractivity contribution is 6.04. The van der Waals surface area contributed by atoms with Gasteiger partial charge in [-0.25, -0.2) is 0 Å². The summed E-state index contributed by atoms with van der Waals surface area (Å²) >= 11 is 0. The number of rotatable bonds is 3. The molecule has 0 aliphatic heterocycles. The van der Waals surface area contributed by atoms with Gasteiger partial charge in [-0.1, -0.05) is 30.3 Å². The molecule has 0 saturated carbocycles. The summed E-state index contributed by atoms with van der Waals surface area (Å²) in [6.07, 6.45) is 0. The molecule has 1 aromatic heterocycles. The van der Waals surface area contributed by atoms with Gasteiger partial charge in [0.15, 0.2) is 5.76 Å². The predicted octanol–water partition coefficient (Wildman–Crippen LogP) is 3.17. The second-order valence-corrected chi connectivity index (χ2v) is 4.87. The smallest absolute Gasteiger partial charge is 0.293 e. The third-order valence-corrected chi connectivity index (χ3v) is 3.50. The lowest BCUT2D eigenvalue weighted by atomic mass is 10.1. The zero-order valence-electron chi connectivity index (χ0n) is 11.7. The van der Waals surface area contributed by atoms with Crippen molar-refractivity contribution in [3.63, 3.8) is 0 Å². The minimum absolute atomic E-state index is 0.190. The van der Waals surface area contributed by atoms with Crippen LogP contribution in [0, 0.1) is 0 Å². The lowest BCUT2D eigenvalue weighted by molar-refractivity contribution is 0.0965. The summed E-state index contributed by atoms with van der Waals surface area (Å²) in [6, 6.07) is 17.3. The van der Waals surface area contributed by atoms with E-state index in [1.807, 2.05) is 42.5 Å². The standard InChI is InChI=1S/C17H16N2O2/c1-19(17(20)16-9-8-15(11-18)21-16)14-7-6-12-4-2-3-5-13(12)10-14/h2-10H,11,18H2,1H3. The topological polar surface area (TPSA) is 59.5 Å². The summed E-state index contributed by atoms with van der Waals surface area (Å²) in [4.78, 5) is 14.0. The zero-order chi connectivity index (χ0) is 14.8. The normalized spacial score (nSPS) is 10.8. The van der Waals surface area contributed by atoms with E-state index < -0.39 is 0 Å². The van der Waals surface area contributed by atoms with Crippen LogP contribution >= 0.6 is 0 Å². The summed E-state index contributed by atoms with van der Waals surface area (Å²) < 4.78 is 5.41. The molecule has 21 heavy (non-hydrogen) atoms. The highest BCUT2D eigenvalue weighted by atomic mass is 16.4. The average molecular weight is 280 g/mol. The summed E-state index contributed by atoms with van der Waals surface area (Å²) in [6.45, 7) is 0.285. The number of hydrogen-bond acceptors (Lipinski definition) is 3. The average Bonchev–Trinajstić information content (AvgIpc) is 3.02. The molecular weight excluding hydrogens is 264 g/mol. The molecule has 2 N–H and O–H groups in total. The molecule has 0 radical (unpaired) electrons. The number of amides is 1. The van der Waals surface area contributed by atoms with Gasteiger partial charge in [0.25, 0.3) is 5.91 Å². The van der Waals surface area contributed by atoms with Crippen molar-refractivity contribution in [1.29, 1.82) is 0 Å². The number of furan rings is 1. The number of nitrogens with zero attached hydrogens (tertiary/aromatic N) is 1. The maximum Gasteiger partial charge on any atom is 0.293 e. The molecule has 0 saturated heterocycles. The molecule has 0 fully saturated rings. The summed E-state index contributed by atoms with van der Waals surface area (Å²) in [5.41, 5.74) is 6.32. The summed E-state index contributed by atoms with van der Waals surface area (Å²) in [5, 5.41) is 2.24. The molecule has 4 nitrogen and oxygen atoms in total. The fourth-order valence-electron chi connectivity index (χ4n) is 2.27. The molecule has 0 spiro atoms. The lowest BCUT2D eigenvalue weighted by Crippen LogP contribution is -2.25. The van der Waals surface area contributed by atoms with Crippen LogP contribution in [0.25, 0.3) is 10.8 Å². The van der Waals surface area contributed by atoms with Gasteiger partial charge in [0.1, 0.15) is 5.76 Å². The van der Waals surface area contributed by atoms with Crippen molar-refractivity contribution in [2.45, 2.75) is 6.54 Å². The maximum absolute atomic E-state index is 12.4. The van der Waals surface area contributed by atoms with Crippen LogP contribution in [0.1, 0.15) is 16.3 Å². The van der Waals surface area contributed by atoms with Gasteiger partial charge in [-0.05, 0) is 35.0 Å². The van der Waals surface area contributed by atoms with Gasteiger partial charge in [-0.2, -0.15) is 0 Å². The molecular formula is C17H16N2O2. The van der Waals surface area contributed by atoms with Crippen LogP contribution in [0.3, 0.4) is 0 Å². The second-order valence-electron chi connectivity index (χ2n) is 4.87. The first-order valence-corrected chi connectivity index (χ1v) is 6.74. The molecule has 3 aromatic rings. The first-order valence-electron chi connectivity index (χ1n) is 6.74. The Labute approximate surface area is 122 Å². The van der Waals surface area contributed by atoms with Gasteiger partial charge in [-0.3, -0.25) is 4.79 Å². The Bertz CT molecular complexity index is 792. The summed E-state index contributed by atoms with van der Waals surface area (Å²) in [7, 11) is 1.73. The Hall–Kier alpha value is -2.59. The molecule has 0 aliphatic carbocycles. The van der Waals surface area contributed by atoms with Crippen LogP contribution in [0.5, 0.6) is 0 Å². The predicted molar refractivity (Wildman–Crippen MR) is 83.3 cm³/mol. The van der Waals surface area contributed by atoms with Crippen molar-refractivity contribution in [3.8, 4) is 0 Å². The molecule has 0 unspecified atom stereocenters. The number of nitrogens with two attached hydrogens (primary N) is 1. The Morgan fingerprint density at radius 1 is 1.10 bits per heavy atom. The van der Waals surface area contributed by atoms with Crippen LogP contribution in [0.15, 0.2) is 59.0 Å². The van der Waals surface area contributed by atoms with E-state index in [1.54, 1.807) is 24.1 Å². The minimum atomic E-state index is -0.190. The fourth-order valence-corrected chi connectivity index (χ4v) is 2.27. The number of anilines is 1. The summed E-state index contributed by atoms with van der Waals surface area (Å²) in [5.74, 6) is 0.710. The fraction of sp³-hybridized carbons (Fsp3) is 0.118. The van der Waals surface area contributed by atoms with Crippen molar-refractivity contribution in [2.75, 3.05) is 11.9 Å². The van der Waals surface area contributed by atoms with E-state index in [9.17, 15) is 4.79 Å². The second kappa shape index (κ2) is 5.42. The van der Waals surface area contributed by atoms with Gasteiger partial charge in [0.2, 0.25) is 0 Å². The third kappa shape index (κ3) is 2.53. The van der Waals surface area contributed by atoms with Gasteiger partial charge in [-0.15, -0.1) is 0 Å². The molecule has 1 heterocycles. The maximum atomic E-state index is 12.4. The SMILES string of the molecule is CN(C(=O)c1ccc(CN)o1)c1ccc2ccccc2c1. The highest BCUT2D eigenvalue weighted by Gasteiger charge is 2.17. The molecule has 0 atom stereocenters. The molecule has 1 amide bonds.